The molecule has 0 radical (unpaired) electrons. The Morgan fingerprint density at radius 2 is 2.00 bits per heavy atom. The smallest absolute Gasteiger partial charge is 0.358 e. The molecule has 0 amide bonds. The average molecular weight is 288 g/mol. The molecule has 0 unspecified atom stereocenters. The predicted octanol–water partition coefficient (Wildman–Crippen LogP) is 3.43. The summed E-state index contributed by atoms with van der Waals surface area (Å²) in [5.74, 6) is 0.428. The van der Waals surface area contributed by atoms with E-state index in [0.717, 1.165) is 36.5 Å². The van der Waals surface area contributed by atoms with Crippen LogP contribution in [0, 0.1) is 0 Å². The summed E-state index contributed by atoms with van der Waals surface area (Å²) < 4.78 is 10.5. The van der Waals surface area contributed by atoms with Crippen LogP contribution in [0.4, 0.5) is 0 Å². The van der Waals surface area contributed by atoms with Crippen LogP contribution in [0.3, 0.4) is 0 Å². The van der Waals surface area contributed by atoms with Crippen LogP contribution < -0.4 is 4.74 Å². The van der Waals surface area contributed by atoms with Gasteiger partial charge in [-0.15, -0.1) is 0 Å². The number of nitrogens with zero attached hydrogens (tertiary/aromatic N) is 1. The van der Waals surface area contributed by atoms with Crippen molar-refractivity contribution in [3.8, 4) is 17.0 Å². The van der Waals surface area contributed by atoms with Crippen molar-refractivity contribution in [2.45, 2.75) is 26.7 Å². The minimum Gasteiger partial charge on any atom is -0.494 e. The fourth-order valence-electron chi connectivity index (χ4n) is 1.84. The SMILES string of the molecule is CCCCOc1ccc(-c2cc(C(=O)OCC)n[nH]2)cc1. The van der Waals surface area contributed by atoms with E-state index in [-0.39, 0.29) is 5.69 Å². The standard InChI is InChI=1S/C16H20N2O3/c1-3-5-10-21-13-8-6-12(7-9-13)14-11-15(18-17-14)16(19)20-4-2/h6-9,11H,3-5,10H2,1-2H3,(H,17,18). The van der Waals surface area contributed by atoms with Gasteiger partial charge in [0.15, 0.2) is 5.69 Å². The Morgan fingerprint density at radius 1 is 1.24 bits per heavy atom. The van der Waals surface area contributed by atoms with E-state index in [1.807, 2.05) is 24.3 Å². The molecule has 0 saturated heterocycles. The van der Waals surface area contributed by atoms with Gasteiger partial charge in [0.25, 0.3) is 0 Å². The lowest BCUT2D eigenvalue weighted by atomic mass is 10.1. The van der Waals surface area contributed by atoms with E-state index in [4.69, 9.17) is 9.47 Å². The molecule has 0 spiro atoms. The maximum absolute atomic E-state index is 11.6. The molecule has 0 aliphatic rings. The van der Waals surface area contributed by atoms with Gasteiger partial charge < -0.3 is 9.47 Å². The van der Waals surface area contributed by atoms with Crippen molar-refractivity contribution in [1.29, 1.82) is 0 Å². The molecule has 2 aromatic rings. The van der Waals surface area contributed by atoms with Crippen molar-refractivity contribution in [3.63, 3.8) is 0 Å². The molecule has 0 fully saturated rings. The molecule has 21 heavy (non-hydrogen) atoms. The number of hydrogen-bond acceptors (Lipinski definition) is 4. The first-order valence-corrected chi connectivity index (χ1v) is 7.20. The number of unbranched alkanes of at least 4 members (excludes halogenated alkanes) is 1. The Bertz CT molecular complexity index is 575. The van der Waals surface area contributed by atoms with Crippen LogP contribution in [0.25, 0.3) is 11.3 Å². The first-order valence-electron chi connectivity index (χ1n) is 7.20. The normalized spacial score (nSPS) is 10.4. The first kappa shape index (κ1) is 15.1. The molecular formula is C16H20N2O3. The van der Waals surface area contributed by atoms with Crippen molar-refractivity contribution < 1.29 is 14.3 Å². The summed E-state index contributed by atoms with van der Waals surface area (Å²) in [5, 5.41) is 6.80. The lowest BCUT2D eigenvalue weighted by Crippen LogP contribution is -2.04. The van der Waals surface area contributed by atoms with Crippen molar-refractivity contribution in [1.82, 2.24) is 10.2 Å². The zero-order valence-corrected chi connectivity index (χ0v) is 12.4. The Morgan fingerprint density at radius 3 is 2.67 bits per heavy atom. The summed E-state index contributed by atoms with van der Waals surface area (Å²) in [6.07, 6.45) is 2.16. The van der Waals surface area contributed by atoms with Gasteiger partial charge >= 0.3 is 5.97 Å². The zero-order valence-electron chi connectivity index (χ0n) is 12.4. The van der Waals surface area contributed by atoms with Gasteiger partial charge in [-0.1, -0.05) is 13.3 Å². The number of hydrogen-bond donors (Lipinski definition) is 1. The number of aromatic amines is 1. The fraction of sp³-hybridized carbons (Fsp3) is 0.375. The summed E-state index contributed by atoms with van der Waals surface area (Å²) in [6, 6.07) is 9.38. The third-order valence-corrected chi connectivity index (χ3v) is 2.99. The van der Waals surface area contributed by atoms with E-state index in [9.17, 15) is 4.79 Å². The zero-order chi connectivity index (χ0) is 15.1. The fourth-order valence-corrected chi connectivity index (χ4v) is 1.84. The lowest BCUT2D eigenvalue weighted by Gasteiger charge is -2.05. The van der Waals surface area contributed by atoms with Gasteiger partial charge in [0, 0.05) is 0 Å². The largest absolute Gasteiger partial charge is 0.494 e. The van der Waals surface area contributed by atoms with Crippen LogP contribution in [0.15, 0.2) is 30.3 Å². The van der Waals surface area contributed by atoms with E-state index in [2.05, 4.69) is 17.1 Å². The molecule has 112 valence electrons. The second kappa shape index (κ2) is 7.47. The average Bonchev–Trinajstić information content (AvgIpc) is 2.98. The van der Waals surface area contributed by atoms with E-state index in [1.54, 1.807) is 13.0 Å². The van der Waals surface area contributed by atoms with Crippen molar-refractivity contribution >= 4 is 5.97 Å². The minimum absolute atomic E-state index is 0.287. The van der Waals surface area contributed by atoms with E-state index < -0.39 is 5.97 Å². The van der Waals surface area contributed by atoms with Crippen molar-refractivity contribution in [2.75, 3.05) is 13.2 Å². The number of rotatable bonds is 7. The number of carbonyl (C=O) groups excluding carboxylic acids is 1. The molecular weight excluding hydrogens is 268 g/mol. The minimum atomic E-state index is -0.417. The highest BCUT2D eigenvalue weighted by Crippen LogP contribution is 2.21. The highest BCUT2D eigenvalue weighted by atomic mass is 16.5. The molecule has 0 bridgehead atoms. The number of carbonyl (C=O) groups is 1. The van der Waals surface area contributed by atoms with Gasteiger partial charge in [-0.2, -0.15) is 5.10 Å². The molecule has 0 saturated carbocycles. The number of H-pyrrole nitrogens is 1. The molecule has 1 aromatic carbocycles. The number of ether oxygens (including phenoxy) is 2. The van der Waals surface area contributed by atoms with Crippen LogP contribution in [-0.2, 0) is 4.74 Å². The Hall–Kier alpha value is -2.30. The number of nitrogens with one attached hydrogen (secondary N) is 1. The quantitative estimate of drug-likeness (QED) is 0.626. The Labute approximate surface area is 124 Å². The second-order valence-electron chi connectivity index (χ2n) is 4.61. The van der Waals surface area contributed by atoms with Crippen molar-refractivity contribution in [3.05, 3.63) is 36.0 Å². The van der Waals surface area contributed by atoms with Gasteiger partial charge in [0.05, 0.1) is 18.9 Å². The molecule has 2 rings (SSSR count). The van der Waals surface area contributed by atoms with E-state index in [0.29, 0.717) is 6.61 Å². The van der Waals surface area contributed by atoms with Crippen molar-refractivity contribution in [2.24, 2.45) is 0 Å². The number of esters is 1. The van der Waals surface area contributed by atoms with Gasteiger partial charge in [-0.3, -0.25) is 5.10 Å². The lowest BCUT2D eigenvalue weighted by molar-refractivity contribution is 0.0519. The molecule has 5 heteroatoms. The first-order chi connectivity index (χ1) is 10.2. The van der Waals surface area contributed by atoms with Crippen LogP contribution >= 0.6 is 0 Å². The summed E-state index contributed by atoms with van der Waals surface area (Å²) in [6.45, 7) is 4.96. The van der Waals surface area contributed by atoms with Crippen LogP contribution in [-0.4, -0.2) is 29.4 Å². The van der Waals surface area contributed by atoms with E-state index in [1.165, 1.54) is 0 Å². The molecule has 1 heterocycles. The molecule has 1 N–H and O–H groups in total. The summed E-state index contributed by atoms with van der Waals surface area (Å²) >= 11 is 0. The summed E-state index contributed by atoms with van der Waals surface area (Å²) in [4.78, 5) is 11.6. The summed E-state index contributed by atoms with van der Waals surface area (Å²) in [7, 11) is 0. The highest BCUT2D eigenvalue weighted by molar-refractivity contribution is 5.88. The van der Waals surface area contributed by atoms with Gasteiger partial charge in [0.1, 0.15) is 5.75 Å². The predicted molar refractivity (Wildman–Crippen MR) is 80.4 cm³/mol. The maximum Gasteiger partial charge on any atom is 0.358 e. The molecule has 1 aromatic heterocycles. The summed E-state index contributed by atoms with van der Waals surface area (Å²) in [5.41, 5.74) is 2.01. The van der Waals surface area contributed by atoms with Gasteiger partial charge in [0.2, 0.25) is 0 Å². The molecule has 5 nitrogen and oxygen atoms in total. The molecule has 0 aliphatic heterocycles. The number of aromatic nitrogens is 2. The van der Waals surface area contributed by atoms with Crippen LogP contribution in [0.1, 0.15) is 37.2 Å². The van der Waals surface area contributed by atoms with Gasteiger partial charge in [-0.25, -0.2) is 4.79 Å². The number of benzene rings is 1. The third-order valence-electron chi connectivity index (χ3n) is 2.99. The second-order valence-corrected chi connectivity index (χ2v) is 4.61. The Balaban J connectivity index is 2.03. The topological polar surface area (TPSA) is 64.2 Å². The van der Waals surface area contributed by atoms with Crippen LogP contribution in [0.5, 0.6) is 5.75 Å². The monoisotopic (exact) mass is 288 g/mol. The molecule has 0 atom stereocenters. The maximum atomic E-state index is 11.6. The highest BCUT2D eigenvalue weighted by Gasteiger charge is 2.12. The third kappa shape index (κ3) is 4.08. The van der Waals surface area contributed by atoms with Gasteiger partial charge in [-0.05, 0) is 49.2 Å². The van der Waals surface area contributed by atoms with Crippen LogP contribution in [0.2, 0.25) is 0 Å². The Kier molecular flexibility index (Phi) is 5.37. The van der Waals surface area contributed by atoms with E-state index >= 15 is 0 Å². The molecule has 0 aliphatic carbocycles.